The van der Waals surface area contributed by atoms with Crippen molar-refractivity contribution >= 4 is 11.7 Å². The Labute approximate surface area is 103 Å². The number of aromatic nitrogens is 2. The van der Waals surface area contributed by atoms with Crippen LogP contribution in [0, 0.1) is 5.41 Å². The van der Waals surface area contributed by atoms with Crippen LogP contribution in [0.3, 0.4) is 0 Å². The Morgan fingerprint density at radius 3 is 2.71 bits per heavy atom. The van der Waals surface area contributed by atoms with Crippen molar-refractivity contribution in [3.05, 3.63) is 12.3 Å². The number of nitrogens with zero attached hydrogens (tertiary/aromatic N) is 2. The molecule has 0 saturated carbocycles. The molecule has 4 nitrogen and oxygen atoms in total. The Morgan fingerprint density at radius 1 is 1.53 bits per heavy atom. The Hall–Kier alpha value is -1.32. The van der Waals surface area contributed by atoms with E-state index in [2.05, 4.69) is 45.0 Å². The summed E-state index contributed by atoms with van der Waals surface area (Å²) in [5, 5.41) is 7.16. The predicted octanol–water partition coefficient (Wildman–Crippen LogP) is 3.23. The molecule has 1 amide bonds. The second-order valence-electron chi connectivity index (χ2n) is 5.70. The first-order valence-electron chi connectivity index (χ1n) is 6.17. The lowest BCUT2D eigenvalue weighted by atomic mass is 9.92. The fourth-order valence-corrected chi connectivity index (χ4v) is 1.61. The molecule has 0 aliphatic carbocycles. The molecule has 0 aliphatic rings. The monoisotopic (exact) mass is 237 g/mol. The molecule has 1 heterocycles. The zero-order valence-corrected chi connectivity index (χ0v) is 11.4. The van der Waals surface area contributed by atoms with Gasteiger partial charge in [0.2, 0.25) is 5.91 Å². The minimum atomic E-state index is 0.00527. The minimum absolute atomic E-state index is 0.00527. The summed E-state index contributed by atoms with van der Waals surface area (Å²) in [6.07, 6.45) is 3.22. The number of nitrogens with one attached hydrogen (secondary N) is 1. The van der Waals surface area contributed by atoms with Gasteiger partial charge in [0.05, 0.1) is 12.2 Å². The highest BCUT2D eigenvalue weighted by Gasteiger charge is 2.17. The van der Waals surface area contributed by atoms with E-state index in [1.165, 1.54) is 0 Å². The van der Waals surface area contributed by atoms with Crippen molar-refractivity contribution in [2.24, 2.45) is 5.41 Å². The molecule has 1 atom stereocenters. The maximum absolute atomic E-state index is 11.8. The van der Waals surface area contributed by atoms with Crippen molar-refractivity contribution in [3.8, 4) is 0 Å². The summed E-state index contributed by atoms with van der Waals surface area (Å²) in [6.45, 7) is 10.4. The second kappa shape index (κ2) is 5.34. The summed E-state index contributed by atoms with van der Waals surface area (Å²) in [5.74, 6) is 0.830. The number of hydrogen-bond acceptors (Lipinski definition) is 2. The molecule has 17 heavy (non-hydrogen) atoms. The van der Waals surface area contributed by atoms with Gasteiger partial charge in [-0.15, -0.1) is 0 Å². The average Bonchev–Trinajstić information content (AvgIpc) is 2.61. The molecular formula is C13H23N3O. The summed E-state index contributed by atoms with van der Waals surface area (Å²) in [4.78, 5) is 11.8. The van der Waals surface area contributed by atoms with Gasteiger partial charge in [-0.25, -0.2) is 4.68 Å². The molecule has 0 bridgehead atoms. The van der Waals surface area contributed by atoms with Crippen LogP contribution in [0.5, 0.6) is 0 Å². The topological polar surface area (TPSA) is 46.9 Å². The van der Waals surface area contributed by atoms with Crippen molar-refractivity contribution in [1.29, 1.82) is 0 Å². The van der Waals surface area contributed by atoms with E-state index in [0.717, 1.165) is 12.2 Å². The lowest BCUT2D eigenvalue weighted by molar-refractivity contribution is -0.117. The molecular weight excluding hydrogens is 214 g/mol. The van der Waals surface area contributed by atoms with Crippen LogP contribution >= 0.6 is 0 Å². The van der Waals surface area contributed by atoms with Gasteiger partial charge in [-0.2, -0.15) is 5.10 Å². The molecule has 1 aromatic heterocycles. The smallest absolute Gasteiger partial charge is 0.226 e. The first-order valence-corrected chi connectivity index (χ1v) is 6.17. The molecule has 0 saturated heterocycles. The molecule has 1 N–H and O–H groups in total. The Balaban J connectivity index is 2.69. The van der Waals surface area contributed by atoms with Crippen molar-refractivity contribution in [1.82, 2.24) is 9.78 Å². The number of anilines is 1. The third-order valence-electron chi connectivity index (χ3n) is 2.64. The van der Waals surface area contributed by atoms with Crippen LogP contribution < -0.4 is 5.32 Å². The van der Waals surface area contributed by atoms with E-state index in [0.29, 0.717) is 12.5 Å². The third kappa shape index (κ3) is 4.21. The molecule has 0 radical (unpaired) electrons. The fraction of sp³-hybridized carbons (Fsp3) is 0.692. The molecule has 96 valence electrons. The highest BCUT2D eigenvalue weighted by molar-refractivity contribution is 5.90. The van der Waals surface area contributed by atoms with Gasteiger partial charge in [-0.1, -0.05) is 27.7 Å². The number of carbonyl (C=O) groups excluding carboxylic acids is 1. The summed E-state index contributed by atoms with van der Waals surface area (Å²) in [6, 6.07) is 2.14. The highest BCUT2D eigenvalue weighted by atomic mass is 16.1. The van der Waals surface area contributed by atoms with Crippen molar-refractivity contribution in [3.63, 3.8) is 0 Å². The van der Waals surface area contributed by atoms with Gasteiger partial charge in [-0.05, 0) is 18.8 Å². The van der Waals surface area contributed by atoms with E-state index >= 15 is 0 Å². The lowest BCUT2D eigenvalue weighted by Crippen LogP contribution is -2.22. The first-order chi connectivity index (χ1) is 7.83. The number of amides is 1. The van der Waals surface area contributed by atoms with Gasteiger partial charge in [0.15, 0.2) is 0 Å². The second-order valence-corrected chi connectivity index (χ2v) is 5.70. The van der Waals surface area contributed by atoms with Gasteiger partial charge in [-0.3, -0.25) is 4.79 Å². The van der Waals surface area contributed by atoms with E-state index in [4.69, 9.17) is 0 Å². The summed E-state index contributed by atoms with van der Waals surface area (Å²) >= 11 is 0. The van der Waals surface area contributed by atoms with Gasteiger partial charge >= 0.3 is 0 Å². The van der Waals surface area contributed by atoms with Crippen LogP contribution in [-0.2, 0) is 4.79 Å². The van der Waals surface area contributed by atoms with E-state index in [1.54, 1.807) is 6.20 Å². The quantitative estimate of drug-likeness (QED) is 0.874. The molecule has 1 rings (SSSR count). The van der Waals surface area contributed by atoms with Crippen molar-refractivity contribution in [2.75, 3.05) is 5.32 Å². The van der Waals surface area contributed by atoms with Crippen molar-refractivity contribution < 1.29 is 4.79 Å². The minimum Gasteiger partial charge on any atom is -0.311 e. The molecule has 0 aromatic carbocycles. The number of rotatable bonds is 4. The highest BCUT2D eigenvalue weighted by Crippen LogP contribution is 2.21. The normalized spacial score (nSPS) is 13.5. The first kappa shape index (κ1) is 13.7. The standard InChI is InChI=1S/C13H23N3O/c1-6-10(2)16-11(7-8-14-16)15-12(17)9-13(3,4)5/h7-8,10H,6,9H2,1-5H3,(H,15,17). The molecule has 0 aliphatic heterocycles. The molecule has 1 aromatic rings. The number of carbonyl (C=O) groups is 1. The van der Waals surface area contributed by atoms with Gasteiger partial charge in [0.1, 0.15) is 5.82 Å². The fourth-order valence-electron chi connectivity index (χ4n) is 1.61. The average molecular weight is 237 g/mol. The molecule has 0 fully saturated rings. The van der Waals surface area contributed by atoms with Crippen LogP contribution in [0.25, 0.3) is 0 Å². The Bertz CT molecular complexity index is 376. The summed E-state index contributed by atoms with van der Waals surface area (Å²) < 4.78 is 1.86. The van der Waals surface area contributed by atoms with Crippen LogP contribution in [0.2, 0.25) is 0 Å². The van der Waals surface area contributed by atoms with Crippen LogP contribution in [0.4, 0.5) is 5.82 Å². The zero-order valence-electron chi connectivity index (χ0n) is 11.4. The third-order valence-corrected chi connectivity index (χ3v) is 2.64. The van der Waals surface area contributed by atoms with E-state index in [9.17, 15) is 4.79 Å². The largest absolute Gasteiger partial charge is 0.311 e. The van der Waals surface area contributed by atoms with Crippen molar-refractivity contribution in [2.45, 2.75) is 53.5 Å². The maximum Gasteiger partial charge on any atom is 0.226 e. The van der Waals surface area contributed by atoms with Gasteiger partial charge < -0.3 is 5.32 Å². The maximum atomic E-state index is 11.8. The Kier molecular flexibility index (Phi) is 4.32. The van der Waals surface area contributed by atoms with E-state index < -0.39 is 0 Å². The zero-order chi connectivity index (χ0) is 13.1. The lowest BCUT2D eigenvalue weighted by Gasteiger charge is -2.18. The van der Waals surface area contributed by atoms with Crippen LogP contribution in [0.1, 0.15) is 53.5 Å². The van der Waals surface area contributed by atoms with E-state index in [1.807, 2.05) is 10.7 Å². The predicted molar refractivity (Wildman–Crippen MR) is 69.9 cm³/mol. The van der Waals surface area contributed by atoms with Crippen LogP contribution in [-0.4, -0.2) is 15.7 Å². The van der Waals surface area contributed by atoms with Gasteiger partial charge in [0.25, 0.3) is 0 Å². The summed E-state index contributed by atoms with van der Waals surface area (Å²) in [5.41, 5.74) is 0.00527. The number of hydrogen-bond donors (Lipinski definition) is 1. The van der Waals surface area contributed by atoms with E-state index in [-0.39, 0.29) is 11.3 Å². The SMILES string of the molecule is CCC(C)n1nccc1NC(=O)CC(C)(C)C. The summed E-state index contributed by atoms with van der Waals surface area (Å²) in [7, 11) is 0. The van der Waals surface area contributed by atoms with Gasteiger partial charge in [0, 0.05) is 12.5 Å². The van der Waals surface area contributed by atoms with Crippen LogP contribution in [0.15, 0.2) is 12.3 Å². The Morgan fingerprint density at radius 2 is 2.18 bits per heavy atom. The molecule has 0 spiro atoms. The molecule has 1 unspecified atom stereocenters. The molecule has 4 heteroatoms.